The van der Waals surface area contributed by atoms with Crippen LogP contribution in [0.25, 0.3) is 17.2 Å². The van der Waals surface area contributed by atoms with E-state index in [-0.39, 0.29) is 11.9 Å². The molecule has 3 heteroatoms. The van der Waals surface area contributed by atoms with Crippen molar-refractivity contribution in [1.29, 1.82) is 0 Å². The molecule has 0 bridgehead atoms. The van der Waals surface area contributed by atoms with Crippen LogP contribution in [0, 0.1) is 0 Å². The average molecular weight is 291 g/mol. The molecule has 1 aliphatic heterocycles. The zero-order chi connectivity index (χ0) is 15.1. The van der Waals surface area contributed by atoms with Gasteiger partial charge in [0.1, 0.15) is 11.9 Å². The first-order valence-corrected chi connectivity index (χ1v) is 7.62. The van der Waals surface area contributed by atoms with E-state index in [0.29, 0.717) is 6.42 Å². The molecule has 2 aliphatic rings. The summed E-state index contributed by atoms with van der Waals surface area (Å²) in [6, 6.07) is 13.9. The van der Waals surface area contributed by atoms with Crippen molar-refractivity contribution in [3.63, 3.8) is 0 Å². The molecule has 2 aromatic rings. The summed E-state index contributed by atoms with van der Waals surface area (Å²) in [6.45, 7) is 0. The molecule has 1 unspecified atom stereocenters. The van der Waals surface area contributed by atoms with E-state index in [1.165, 1.54) is 0 Å². The Bertz CT molecular complexity index is 775. The first-order chi connectivity index (χ1) is 10.7. The summed E-state index contributed by atoms with van der Waals surface area (Å²) >= 11 is 0. The van der Waals surface area contributed by atoms with Crippen LogP contribution in [0.1, 0.15) is 24.8 Å². The SMILES string of the molecule is Nc1ccc(-c2ccc3c(c2)C=C2C(=O)CCCC2O3)cc1. The van der Waals surface area contributed by atoms with Gasteiger partial charge in [-0.2, -0.15) is 0 Å². The van der Waals surface area contributed by atoms with Crippen molar-refractivity contribution < 1.29 is 9.53 Å². The fourth-order valence-electron chi connectivity index (χ4n) is 3.17. The molecule has 110 valence electrons. The second-order valence-corrected chi connectivity index (χ2v) is 5.90. The Labute approximate surface area is 129 Å². The first-order valence-electron chi connectivity index (χ1n) is 7.62. The lowest BCUT2D eigenvalue weighted by molar-refractivity contribution is -0.117. The summed E-state index contributed by atoms with van der Waals surface area (Å²) in [5, 5.41) is 0. The van der Waals surface area contributed by atoms with Crippen molar-refractivity contribution in [3.8, 4) is 16.9 Å². The van der Waals surface area contributed by atoms with Gasteiger partial charge >= 0.3 is 0 Å². The summed E-state index contributed by atoms with van der Waals surface area (Å²) in [5.74, 6) is 1.09. The number of ether oxygens (including phenoxy) is 1. The molecule has 1 heterocycles. The molecular formula is C19H17NO2. The molecule has 0 amide bonds. The smallest absolute Gasteiger partial charge is 0.162 e. The molecule has 2 aromatic carbocycles. The zero-order valence-electron chi connectivity index (χ0n) is 12.2. The van der Waals surface area contributed by atoms with Crippen LogP contribution in [0.5, 0.6) is 5.75 Å². The zero-order valence-corrected chi connectivity index (χ0v) is 12.2. The number of ketones is 1. The number of rotatable bonds is 1. The highest BCUT2D eigenvalue weighted by molar-refractivity contribution is 6.02. The maximum atomic E-state index is 12.1. The lowest BCUT2D eigenvalue weighted by atomic mass is 9.87. The summed E-state index contributed by atoms with van der Waals surface area (Å²) in [7, 11) is 0. The minimum atomic E-state index is -0.0591. The Kier molecular flexibility index (Phi) is 3.00. The molecule has 0 saturated heterocycles. The maximum absolute atomic E-state index is 12.1. The number of carbonyl (C=O) groups is 1. The summed E-state index contributed by atoms with van der Waals surface area (Å²) in [4.78, 5) is 12.1. The molecule has 0 spiro atoms. The van der Waals surface area contributed by atoms with E-state index >= 15 is 0 Å². The van der Waals surface area contributed by atoms with E-state index in [4.69, 9.17) is 10.5 Å². The molecule has 1 aliphatic carbocycles. The van der Waals surface area contributed by atoms with Crippen molar-refractivity contribution in [2.24, 2.45) is 0 Å². The molecule has 1 fully saturated rings. The Morgan fingerprint density at radius 3 is 2.64 bits per heavy atom. The van der Waals surface area contributed by atoms with E-state index in [1.807, 2.05) is 42.5 Å². The van der Waals surface area contributed by atoms with Crippen LogP contribution >= 0.6 is 0 Å². The normalized spacial score (nSPS) is 19.7. The second-order valence-electron chi connectivity index (χ2n) is 5.90. The molecule has 0 radical (unpaired) electrons. The number of fused-ring (bicyclic) bond motifs is 2. The van der Waals surface area contributed by atoms with Gasteiger partial charge in [-0.1, -0.05) is 18.2 Å². The molecule has 3 nitrogen and oxygen atoms in total. The van der Waals surface area contributed by atoms with Crippen LogP contribution in [-0.2, 0) is 4.79 Å². The number of Topliss-reactive ketones (excluding diaryl/α,β-unsaturated/α-hetero) is 1. The van der Waals surface area contributed by atoms with E-state index in [2.05, 4.69) is 6.07 Å². The molecule has 1 atom stereocenters. The predicted molar refractivity (Wildman–Crippen MR) is 87.5 cm³/mol. The van der Waals surface area contributed by atoms with Gasteiger partial charge in [0.05, 0.1) is 0 Å². The third-order valence-electron chi connectivity index (χ3n) is 4.37. The van der Waals surface area contributed by atoms with Gasteiger partial charge in [0.25, 0.3) is 0 Å². The van der Waals surface area contributed by atoms with Gasteiger partial charge < -0.3 is 10.5 Å². The van der Waals surface area contributed by atoms with Crippen LogP contribution in [0.3, 0.4) is 0 Å². The molecule has 22 heavy (non-hydrogen) atoms. The summed E-state index contributed by atoms with van der Waals surface area (Å²) in [6.07, 6.45) is 4.43. The van der Waals surface area contributed by atoms with Gasteiger partial charge in [0.15, 0.2) is 5.78 Å². The second kappa shape index (κ2) is 5.02. The van der Waals surface area contributed by atoms with Crippen molar-refractivity contribution in [3.05, 3.63) is 53.6 Å². The highest BCUT2D eigenvalue weighted by Crippen LogP contribution is 2.37. The summed E-state index contributed by atoms with van der Waals surface area (Å²) < 4.78 is 6.01. The standard InChI is InChI=1S/C19H17NO2/c20-15-7-4-12(5-8-15)13-6-9-18-14(10-13)11-16-17(21)2-1-3-19(16)22-18/h4-11,19H,1-3,20H2. The fourth-order valence-corrected chi connectivity index (χ4v) is 3.17. The third-order valence-corrected chi connectivity index (χ3v) is 4.37. The fraction of sp³-hybridized carbons (Fsp3) is 0.211. The predicted octanol–water partition coefficient (Wildman–Crippen LogP) is 3.83. The monoisotopic (exact) mass is 291 g/mol. The topological polar surface area (TPSA) is 52.3 Å². The molecular weight excluding hydrogens is 274 g/mol. The van der Waals surface area contributed by atoms with Crippen LogP contribution in [0.4, 0.5) is 5.69 Å². The number of benzene rings is 2. The van der Waals surface area contributed by atoms with Gasteiger partial charge in [-0.15, -0.1) is 0 Å². The largest absolute Gasteiger partial charge is 0.485 e. The van der Waals surface area contributed by atoms with Gasteiger partial charge in [-0.3, -0.25) is 4.79 Å². The number of nitrogen functional groups attached to an aromatic ring is 1. The van der Waals surface area contributed by atoms with Gasteiger partial charge in [-0.05, 0) is 54.3 Å². The van der Waals surface area contributed by atoms with E-state index in [0.717, 1.165) is 46.5 Å². The quantitative estimate of drug-likeness (QED) is 0.812. The lowest BCUT2D eigenvalue weighted by Crippen LogP contribution is -2.31. The highest BCUT2D eigenvalue weighted by Gasteiger charge is 2.30. The van der Waals surface area contributed by atoms with E-state index in [9.17, 15) is 4.79 Å². The van der Waals surface area contributed by atoms with Crippen LogP contribution in [0.15, 0.2) is 48.0 Å². The Morgan fingerprint density at radius 2 is 1.82 bits per heavy atom. The van der Waals surface area contributed by atoms with Crippen LogP contribution in [-0.4, -0.2) is 11.9 Å². The maximum Gasteiger partial charge on any atom is 0.162 e. The van der Waals surface area contributed by atoms with Crippen molar-refractivity contribution >= 4 is 17.5 Å². The third kappa shape index (κ3) is 2.19. The molecule has 4 rings (SSSR count). The number of hydrogen-bond acceptors (Lipinski definition) is 3. The van der Waals surface area contributed by atoms with Crippen molar-refractivity contribution in [2.75, 3.05) is 5.73 Å². The van der Waals surface area contributed by atoms with Gasteiger partial charge in [0, 0.05) is 23.2 Å². The molecule has 1 saturated carbocycles. The van der Waals surface area contributed by atoms with Gasteiger partial charge in [0.2, 0.25) is 0 Å². The Balaban J connectivity index is 1.76. The van der Waals surface area contributed by atoms with Gasteiger partial charge in [-0.25, -0.2) is 0 Å². The molecule has 0 aromatic heterocycles. The van der Waals surface area contributed by atoms with E-state index in [1.54, 1.807) is 0 Å². The highest BCUT2D eigenvalue weighted by atomic mass is 16.5. The van der Waals surface area contributed by atoms with Crippen molar-refractivity contribution in [2.45, 2.75) is 25.4 Å². The number of hydrogen-bond donors (Lipinski definition) is 1. The lowest BCUT2D eigenvalue weighted by Gasteiger charge is -2.30. The Hall–Kier alpha value is -2.55. The minimum Gasteiger partial charge on any atom is -0.485 e. The number of carbonyl (C=O) groups excluding carboxylic acids is 1. The first kappa shape index (κ1) is 13.1. The van der Waals surface area contributed by atoms with E-state index < -0.39 is 0 Å². The van der Waals surface area contributed by atoms with Crippen LogP contribution in [0.2, 0.25) is 0 Å². The number of anilines is 1. The summed E-state index contributed by atoms with van der Waals surface area (Å²) in [5.41, 5.74) is 10.5. The number of nitrogens with two attached hydrogens (primary N) is 1. The Morgan fingerprint density at radius 1 is 1.05 bits per heavy atom. The minimum absolute atomic E-state index is 0.0591. The van der Waals surface area contributed by atoms with Crippen molar-refractivity contribution in [1.82, 2.24) is 0 Å². The van der Waals surface area contributed by atoms with Crippen LogP contribution < -0.4 is 10.5 Å². The average Bonchev–Trinajstić information content (AvgIpc) is 2.54. The molecule has 2 N–H and O–H groups in total.